The molecule has 116 valence electrons. The number of nitrogens with one attached hydrogen (secondary N) is 1. The number of methoxy groups -OCH3 is 1. The van der Waals surface area contributed by atoms with E-state index in [1.54, 1.807) is 19.2 Å². The van der Waals surface area contributed by atoms with Gasteiger partial charge >= 0.3 is 0 Å². The van der Waals surface area contributed by atoms with Gasteiger partial charge in [-0.15, -0.1) is 24.8 Å². The fourth-order valence-corrected chi connectivity index (χ4v) is 2.56. The van der Waals surface area contributed by atoms with E-state index in [1.165, 1.54) is 0 Å². The van der Waals surface area contributed by atoms with E-state index in [1.807, 2.05) is 0 Å². The zero-order valence-corrected chi connectivity index (χ0v) is 13.9. The molecule has 1 heterocycles. The highest BCUT2D eigenvalue weighted by Gasteiger charge is 2.24. The Kier molecular flexibility index (Phi) is 8.63. The zero-order chi connectivity index (χ0) is 13.1. The Morgan fingerprint density at radius 2 is 1.90 bits per heavy atom. The molecule has 1 aliphatic heterocycles. The Bertz CT molecular complexity index is 426. The van der Waals surface area contributed by atoms with Crippen LogP contribution in [0.15, 0.2) is 12.1 Å². The van der Waals surface area contributed by atoms with Crippen LogP contribution in [0.3, 0.4) is 0 Å². The monoisotopic (exact) mass is 342 g/mol. The molecule has 1 atom stereocenters. The Morgan fingerprint density at radius 1 is 1.30 bits per heavy atom. The molecule has 20 heavy (non-hydrogen) atoms. The van der Waals surface area contributed by atoms with Gasteiger partial charge in [0, 0.05) is 32.2 Å². The number of piperazine rings is 1. The van der Waals surface area contributed by atoms with Gasteiger partial charge in [0.25, 0.3) is 0 Å². The highest BCUT2D eigenvalue weighted by atomic mass is 35.5. The summed E-state index contributed by atoms with van der Waals surface area (Å²) in [6.07, 6.45) is 0. The minimum absolute atomic E-state index is 0. The number of phenolic OH excluding ortho intramolecular Hbond substituents is 1. The minimum atomic E-state index is 0. The molecule has 0 amide bonds. The Labute approximate surface area is 137 Å². The van der Waals surface area contributed by atoms with Gasteiger partial charge in [0.1, 0.15) is 11.5 Å². The maximum atomic E-state index is 10.2. The summed E-state index contributed by atoms with van der Waals surface area (Å²) in [6.45, 7) is 5.91. The van der Waals surface area contributed by atoms with E-state index >= 15 is 0 Å². The van der Waals surface area contributed by atoms with Crippen molar-refractivity contribution in [1.82, 2.24) is 10.2 Å². The first-order valence-corrected chi connectivity index (χ1v) is 6.53. The second kappa shape index (κ2) is 8.80. The maximum Gasteiger partial charge on any atom is 0.142 e. The molecule has 0 spiro atoms. The van der Waals surface area contributed by atoms with E-state index in [2.05, 4.69) is 17.1 Å². The highest BCUT2D eigenvalue weighted by Crippen LogP contribution is 2.40. The van der Waals surface area contributed by atoms with Gasteiger partial charge in [0.15, 0.2) is 0 Å². The number of phenols is 1. The molecular formula is C13H21Cl3N2O2. The number of nitrogens with zero attached hydrogens (tertiary/aromatic N) is 1. The second-order valence-corrected chi connectivity index (χ2v) is 4.88. The van der Waals surface area contributed by atoms with Crippen molar-refractivity contribution >= 4 is 36.4 Å². The first-order chi connectivity index (χ1) is 8.65. The summed E-state index contributed by atoms with van der Waals surface area (Å²) in [7, 11) is 1.61. The van der Waals surface area contributed by atoms with Crippen LogP contribution in [-0.2, 0) is 0 Å². The van der Waals surface area contributed by atoms with Crippen LogP contribution in [0.1, 0.15) is 18.5 Å². The number of hydrogen-bond donors (Lipinski definition) is 2. The summed E-state index contributed by atoms with van der Waals surface area (Å²) < 4.78 is 5.33. The number of hydrogen-bond acceptors (Lipinski definition) is 4. The lowest BCUT2D eigenvalue weighted by molar-refractivity contribution is 0.180. The van der Waals surface area contributed by atoms with Gasteiger partial charge in [-0.25, -0.2) is 0 Å². The van der Waals surface area contributed by atoms with Gasteiger partial charge in [0.05, 0.1) is 17.7 Å². The lowest BCUT2D eigenvalue weighted by Gasteiger charge is -2.34. The predicted octanol–water partition coefficient (Wildman–Crippen LogP) is 2.86. The van der Waals surface area contributed by atoms with Crippen molar-refractivity contribution in [3.05, 3.63) is 22.7 Å². The van der Waals surface area contributed by atoms with Gasteiger partial charge < -0.3 is 15.2 Å². The van der Waals surface area contributed by atoms with Gasteiger partial charge in [-0.3, -0.25) is 4.90 Å². The predicted molar refractivity (Wildman–Crippen MR) is 87.0 cm³/mol. The number of aromatic hydroxyl groups is 1. The summed E-state index contributed by atoms with van der Waals surface area (Å²) in [4.78, 5) is 2.31. The van der Waals surface area contributed by atoms with Crippen LogP contribution in [0.4, 0.5) is 0 Å². The third-order valence-corrected chi connectivity index (χ3v) is 3.77. The second-order valence-electron chi connectivity index (χ2n) is 4.47. The standard InChI is InChI=1S/C13H19ClN2O2.2ClH/c1-9(16-7-5-15-6-8-16)12-11(18-2)4-3-10(14)13(12)17;;/h3-4,9,15,17H,5-8H2,1-2H3;2*1H/t9-;;/m1../s1. The molecule has 4 nitrogen and oxygen atoms in total. The molecule has 1 aliphatic rings. The van der Waals surface area contributed by atoms with E-state index < -0.39 is 0 Å². The normalized spacial score (nSPS) is 16.8. The van der Waals surface area contributed by atoms with Gasteiger partial charge in [-0.05, 0) is 19.1 Å². The molecule has 0 saturated carbocycles. The van der Waals surface area contributed by atoms with Crippen molar-refractivity contribution in [2.75, 3.05) is 33.3 Å². The molecule has 1 fully saturated rings. The van der Waals surface area contributed by atoms with Crippen molar-refractivity contribution in [2.45, 2.75) is 13.0 Å². The molecule has 2 rings (SSSR count). The molecule has 0 unspecified atom stereocenters. The SMILES string of the molecule is COc1ccc(Cl)c(O)c1[C@@H](C)N1CCNCC1.Cl.Cl. The summed E-state index contributed by atoms with van der Waals surface area (Å²) >= 11 is 5.99. The van der Waals surface area contributed by atoms with Gasteiger partial charge in [-0.1, -0.05) is 11.6 Å². The van der Waals surface area contributed by atoms with Gasteiger partial charge in [0.2, 0.25) is 0 Å². The van der Waals surface area contributed by atoms with Crippen molar-refractivity contribution in [3.63, 3.8) is 0 Å². The summed E-state index contributed by atoms with van der Waals surface area (Å²) in [6, 6.07) is 3.54. The Morgan fingerprint density at radius 3 is 2.45 bits per heavy atom. The molecular weight excluding hydrogens is 323 g/mol. The van der Waals surface area contributed by atoms with Crippen molar-refractivity contribution in [2.24, 2.45) is 0 Å². The van der Waals surface area contributed by atoms with Crippen LogP contribution in [0.2, 0.25) is 5.02 Å². The first-order valence-electron chi connectivity index (χ1n) is 6.15. The topological polar surface area (TPSA) is 44.7 Å². The van der Waals surface area contributed by atoms with Crippen LogP contribution in [0.25, 0.3) is 0 Å². The first kappa shape index (κ1) is 19.6. The molecule has 7 heteroatoms. The summed E-state index contributed by atoms with van der Waals surface area (Å²) in [5.41, 5.74) is 0.770. The summed E-state index contributed by atoms with van der Waals surface area (Å²) in [5.74, 6) is 0.810. The van der Waals surface area contributed by atoms with Crippen LogP contribution < -0.4 is 10.1 Å². The lowest BCUT2D eigenvalue weighted by Crippen LogP contribution is -2.44. The van der Waals surface area contributed by atoms with Crippen LogP contribution in [0, 0.1) is 0 Å². The molecule has 1 aromatic rings. The number of rotatable bonds is 3. The lowest BCUT2D eigenvalue weighted by atomic mass is 10.0. The largest absolute Gasteiger partial charge is 0.506 e. The quantitative estimate of drug-likeness (QED) is 0.886. The van der Waals surface area contributed by atoms with E-state index in [4.69, 9.17) is 16.3 Å². The minimum Gasteiger partial charge on any atom is -0.506 e. The maximum absolute atomic E-state index is 10.2. The summed E-state index contributed by atoms with van der Waals surface area (Å²) in [5, 5.41) is 13.8. The Balaban J connectivity index is 0.00000180. The third-order valence-electron chi connectivity index (χ3n) is 3.46. The van der Waals surface area contributed by atoms with Crippen molar-refractivity contribution in [3.8, 4) is 11.5 Å². The van der Waals surface area contributed by atoms with Gasteiger partial charge in [-0.2, -0.15) is 0 Å². The van der Waals surface area contributed by atoms with Crippen molar-refractivity contribution in [1.29, 1.82) is 0 Å². The molecule has 0 aliphatic carbocycles. The fraction of sp³-hybridized carbons (Fsp3) is 0.538. The molecule has 0 bridgehead atoms. The van der Waals surface area contributed by atoms with E-state index in [0.717, 1.165) is 31.7 Å². The highest BCUT2D eigenvalue weighted by molar-refractivity contribution is 6.32. The molecule has 1 saturated heterocycles. The van der Waals surface area contributed by atoms with E-state index in [-0.39, 0.29) is 36.6 Å². The van der Waals surface area contributed by atoms with Crippen LogP contribution in [0.5, 0.6) is 11.5 Å². The Hall–Kier alpha value is -0.390. The molecule has 0 aromatic heterocycles. The average molecular weight is 344 g/mol. The van der Waals surface area contributed by atoms with E-state index in [9.17, 15) is 5.11 Å². The zero-order valence-electron chi connectivity index (χ0n) is 11.6. The third kappa shape index (κ3) is 4.06. The number of halogens is 3. The smallest absolute Gasteiger partial charge is 0.142 e. The van der Waals surface area contributed by atoms with Crippen LogP contribution >= 0.6 is 36.4 Å². The number of ether oxygens (including phenoxy) is 1. The van der Waals surface area contributed by atoms with Crippen LogP contribution in [-0.4, -0.2) is 43.3 Å². The number of benzene rings is 1. The van der Waals surface area contributed by atoms with E-state index in [0.29, 0.717) is 10.8 Å². The average Bonchev–Trinajstić information content (AvgIpc) is 2.42. The molecule has 2 N–H and O–H groups in total. The molecule has 1 aromatic carbocycles. The van der Waals surface area contributed by atoms with Crippen molar-refractivity contribution < 1.29 is 9.84 Å². The fourth-order valence-electron chi connectivity index (χ4n) is 2.40. The molecule has 0 radical (unpaired) electrons.